The third-order valence-electron chi connectivity index (χ3n) is 6.40. The molecule has 184 valence electrons. The molecule has 0 saturated carbocycles. The largest absolute Gasteiger partial charge is 0.470 e. The minimum atomic E-state index is -0.281. The number of aryl methyl sites for hydroxylation is 1. The minimum absolute atomic E-state index is 0.0109. The Morgan fingerprint density at radius 1 is 1.25 bits per heavy atom. The van der Waals surface area contributed by atoms with Crippen LogP contribution in [-0.2, 0) is 9.53 Å². The Morgan fingerprint density at radius 2 is 2.14 bits per heavy atom. The van der Waals surface area contributed by atoms with E-state index in [2.05, 4.69) is 30.8 Å². The molecule has 2 unspecified atom stereocenters. The second-order valence-corrected chi connectivity index (χ2v) is 9.01. The Bertz CT molecular complexity index is 1480. The van der Waals surface area contributed by atoms with E-state index in [1.54, 1.807) is 16.8 Å². The van der Waals surface area contributed by atoms with Crippen LogP contribution in [-0.4, -0.2) is 63.5 Å². The van der Waals surface area contributed by atoms with Gasteiger partial charge in [-0.25, -0.2) is 0 Å². The van der Waals surface area contributed by atoms with Gasteiger partial charge in [0.15, 0.2) is 11.3 Å². The van der Waals surface area contributed by atoms with Gasteiger partial charge in [0, 0.05) is 42.1 Å². The third kappa shape index (κ3) is 4.33. The van der Waals surface area contributed by atoms with Crippen LogP contribution in [0.1, 0.15) is 18.6 Å². The Balaban J connectivity index is 1.18. The number of aliphatic imine (C=N–C) groups is 1. The van der Waals surface area contributed by atoms with E-state index < -0.39 is 0 Å². The standard InChI is InChI=1S/C25H25N7O4/c1-15-10-21(31-36-15)23-29-28-22-19-4-2-3-5-20(19)25(30-32(22)23)35-14-18-7-6-17(12-26-18)24(33)27-11-16-8-9-34-13-16/h2-5,7,10,12,16-17H,6,8-9,11,13-14H2,1H3,(H,27,33). The second-order valence-electron chi connectivity index (χ2n) is 9.01. The van der Waals surface area contributed by atoms with Crippen molar-refractivity contribution < 1.29 is 18.8 Å². The van der Waals surface area contributed by atoms with Gasteiger partial charge in [-0.1, -0.05) is 29.4 Å². The molecule has 1 aromatic carbocycles. The van der Waals surface area contributed by atoms with Crippen LogP contribution in [0.2, 0.25) is 0 Å². The van der Waals surface area contributed by atoms with Crippen molar-refractivity contribution in [2.45, 2.75) is 19.8 Å². The maximum absolute atomic E-state index is 12.5. The highest BCUT2D eigenvalue weighted by Crippen LogP contribution is 2.29. The third-order valence-corrected chi connectivity index (χ3v) is 6.40. The van der Waals surface area contributed by atoms with E-state index in [1.807, 2.05) is 37.3 Å². The van der Waals surface area contributed by atoms with E-state index >= 15 is 0 Å². The number of fused-ring (bicyclic) bond motifs is 3. The number of aromatic nitrogens is 5. The van der Waals surface area contributed by atoms with Gasteiger partial charge in [-0.2, -0.15) is 4.52 Å². The zero-order valence-electron chi connectivity index (χ0n) is 19.8. The van der Waals surface area contributed by atoms with Crippen molar-refractivity contribution in [2.75, 3.05) is 26.4 Å². The summed E-state index contributed by atoms with van der Waals surface area (Å²) >= 11 is 0. The molecule has 36 heavy (non-hydrogen) atoms. The number of rotatable bonds is 7. The smallest absolute Gasteiger partial charge is 0.240 e. The fourth-order valence-corrected chi connectivity index (χ4v) is 4.39. The number of allylic oxidation sites excluding steroid dienone is 1. The summed E-state index contributed by atoms with van der Waals surface area (Å²) in [6.45, 7) is 4.15. The number of nitrogens with one attached hydrogen (secondary N) is 1. The van der Waals surface area contributed by atoms with E-state index in [9.17, 15) is 4.79 Å². The molecule has 0 radical (unpaired) electrons. The number of nitrogens with zero attached hydrogens (tertiary/aromatic N) is 6. The van der Waals surface area contributed by atoms with Gasteiger partial charge in [0.05, 0.1) is 18.2 Å². The summed E-state index contributed by atoms with van der Waals surface area (Å²) in [6, 6.07) is 9.51. The normalized spacial score (nSPS) is 19.6. The second kappa shape index (κ2) is 9.50. The molecule has 1 N–H and O–H groups in total. The van der Waals surface area contributed by atoms with Crippen LogP contribution in [0.15, 0.2) is 51.6 Å². The molecule has 0 spiro atoms. The Kier molecular flexibility index (Phi) is 5.90. The average molecular weight is 488 g/mol. The maximum atomic E-state index is 12.5. The van der Waals surface area contributed by atoms with Gasteiger partial charge in [0.2, 0.25) is 17.6 Å². The molecule has 11 nitrogen and oxygen atoms in total. The van der Waals surface area contributed by atoms with Gasteiger partial charge in [0.25, 0.3) is 0 Å². The molecule has 11 heteroatoms. The lowest BCUT2D eigenvalue weighted by atomic mass is 10.0. The number of ether oxygens (including phenoxy) is 2. The molecular weight excluding hydrogens is 462 g/mol. The van der Waals surface area contributed by atoms with Crippen LogP contribution in [0, 0.1) is 18.8 Å². The first-order valence-electron chi connectivity index (χ1n) is 11.9. The molecule has 1 saturated heterocycles. The number of hydrogen-bond acceptors (Lipinski definition) is 9. The van der Waals surface area contributed by atoms with Crippen LogP contribution in [0.5, 0.6) is 5.88 Å². The monoisotopic (exact) mass is 487 g/mol. The number of amides is 1. The number of carbonyl (C=O) groups excluding carboxylic acids is 1. The SMILES string of the molecule is Cc1cc(-c2nnc3c4ccccc4c(OCC4=CCC(C(=O)NCC5CCOC5)C=N4)nn23)no1. The number of hydrogen-bond donors (Lipinski definition) is 1. The van der Waals surface area contributed by atoms with Crippen LogP contribution in [0.25, 0.3) is 27.9 Å². The predicted molar refractivity (Wildman–Crippen MR) is 131 cm³/mol. The summed E-state index contributed by atoms with van der Waals surface area (Å²) in [4.78, 5) is 17.0. The average Bonchev–Trinajstić information content (AvgIpc) is 3.67. The van der Waals surface area contributed by atoms with Gasteiger partial charge < -0.3 is 19.3 Å². The highest BCUT2D eigenvalue weighted by molar-refractivity contribution is 5.97. The number of carbonyl (C=O) groups is 1. The van der Waals surface area contributed by atoms with Crippen molar-refractivity contribution in [1.29, 1.82) is 0 Å². The molecule has 2 atom stereocenters. The van der Waals surface area contributed by atoms with Gasteiger partial charge in [-0.05, 0) is 25.8 Å². The lowest BCUT2D eigenvalue weighted by Crippen LogP contribution is -2.35. The zero-order valence-corrected chi connectivity index (χ0v) is 19.8. The van der Waals surface area contributed by atoms with Crippen molar-refractivity contribution in [3.63, 3.8) is 0 Å². The van der Waals surface area contributed by atoms with E-state index in [1.165, 1.54) is 0 Å². The van der Waals surface area contributed by atoms with E-state index in [4.69, 9.17) is 14.0 Å². The minimum Gasteiger partial charge on any atom is -0.470 e. The van der Waals surface area contributed by atoms with Gasteiger partial charge in [0.1, 0.15) is 12.4 Å². The molecule has 0 aliphatic carbocycles. The summed E-state index contributed by atoms with van der Waals surface area (Å²) in [5.74, 6) is 1.66. The highest BCUT2D eigenvalue weighted by atomic mass is 16.5. The van der Waals surface area contributed by atoms with Crippen LogP contribution in [0.3, 0.4) is 0 Å². The lowest BCUT2D eigenvalue weighted by molar-refractivity contribution is -0.123. The molecule has 1 fully saturated rings. The molecule has 2 aliphatic rings. The zero-order chi connectivity index (χ0) is 24.5. The Hall–Kier alpha value is -4.12. The summed E-state index contributed by atoms with van der Waals surface area (Å²) in [7, 11) is 0. The van der Waals surface area contributed by atoms with Gasteiger partial charge in [-0.15, -0.1) is 15.3 Å². The van der Waals surface area contributed by atoms with E-state index in [0.29, 0.717) is 54.3 Å². The summed E-state index contributed by atoms with van der Waals surface area (Å²) in [5, 5.41) is 22.0. The van der Waals surface area contributed by atoms with Gasteiger partial charge >= 0.3 is 0 Å². The Labute approximate surface area is 206 Å². The fraction of sp³-hybridized carbons (Fsp3) is 0.360. The lowest BCUT2D eigenvalue weighted by Gasteiger charge is -2.17. The molecule has 4 aromatic rings. The quantitative estimate of drug-likeness (QED) is 0.421. The number of benzene rings is 1. The van der Waals surface area contributed by atoms with E-state index in [-0.39, 0.29) is 18.4 Å². The van der Waals surface area contributed by atoms with Crippen LogP contribution in [0.4, 0.5) is 0 Å². The maximum Gasteiger partial charge on any atom is 0.240 e. The Morgan fingerprint density at radius 3 is 2.89 bits per heavy atom. The molecule has 2 aliphatic heterocycles. The summed E-state index contributed by atoms with van der Waals surface area (Å²) in [6.07, 6.45) is 5.19. The highest BCUT2D eigenvalue weighted by Gasteiger charge is 2.22. The van der Waals surface area contributed by atoms with Crippen molar-refractivity contribution in [2.24, 2.45) is 16.8 Å². The van der Waals surface area contributed by atoms with Crippen LogP contribution >= 0.6 is 0 Å². The van der Waals surface area contributed by atoms with Crippen molar-refractivity contribution in [3.05, 3.63) is 47.9 Å². The van der Waals surface area contributed by atoms with Crippen LogP contribution < -0.4 is 10.1 Å². The van der Waals surface area contributed by atoms with Crippen molar-refractivity contribution in [1.82, 2.24) is 30.3 Å². The fourth-order valence-electron chi connectivity index (χ4n) is 4.39. The molecule has 6 rings (SSSR count). The topological polar surface area (TPSA) is 129 Å². The van der Waals surface area contributed by atoms with Crippen molar-refractivity contribution >= 4 is 28.5 Å². The molecular formula is C25H25N7O4. The summed E-state index contributed by atoms with van der Waals surface area (Å²) < 4.78 is 18.3. The molecule has 3 aromatic heterocycles. The first-order valence-corrected chi connectivity index (χ1v) is 11.9. The predicted octanol–water partition coefficient (Wildman–Crippen LogP) is 2.75. The molecule has 0 bridgehead atoms. The van der Waals surface area contributed by atoms with E-state index in [0.717, 1.165) is 29.5 Å². The molecule has 1 amide bonds. The van der Waals surface area contributed by atoms with Gasteiger partial charge in [-0.3, -0.25) is 9.79 Å². The first kappa shape index (κ1) is 22.4. The van der Waals surface area contributed by atoms with Crippen molar-refractivity contribution in [3.8, 4) is 17.4 Å². The summed E-state index contributed by atoms with van der Waals surface area (Å²) in [5.41, 5.74) is 1.88. The first-order chi connectivity index (χ1) is 17.7. The molecule has 5 heterocycles.